The van der Waals surface area contributed by atoms with Crippen LogP contribution in [0, 0.1) is 39.0 Å². The SMILES string of the molecule is Cc1ccc(-n2c(C)cc(/C=C(\C#N)c3ccccc3)c2C)cc1C. The monoisotopic (exact) mass is 326 g/mol. The molecule has 2 aromatic carbocycles. The largest absolute Gasteiger partial charge is 0.318 e. The molecule has 0 aliphatic rings. The van der Waals surface area contributed by atoms with Crippen molar-refractivity contribution in [2.24, 2.45) is 0 Å². The number of hydrogen-bond donors (Lipinski definition) is 0. The van der Waals surface area contributed by atoms with Gasteiger partial charge in [0.25, 0.3) is 0 Å². The molecule has 0 atom stereocenters. The molecule has 0 aliphatic carbocycles. The summed E-state index contributed by atoms with van der Waals surface area (Å²) in [5, 5.41) is 9.57. The summed E-state index contributed by atoms with van der Waals surface area (Å²) < 4.78 is 2.25. The van der Waals surface area contributed by atoms with Crippen LogP contribution in [0.2, 0.25) is 0 Å². The topological polar surface area (TPSA) is 28.7 Å². The van der Waals surface area contributed by atoms with Gasteiger partial charge in [-0.25, -0.2) is 0 Å². The quantitative estimate of drug-likeness (QED) is 0.561. The van der Waals surface area contributed by atoms with E-state index in [0.717, 1.165) is 28.2 Å². The Morgan fingerprint density at radius 2 is 1.64 bits per heavy atom. The highest BCUT2D eigenvalue weighted by atomic mass is 15.0. The Balaban J connectivity index is 2.10. The van der Waals surface area contributed by atoms with E-state index in [-0.39, 0.29) is 0 Å². The van der Waals surface area contributed by atoms with Crippen LogP contribution in [-0.4, -0.2) is 4.57 Å². The van der Waals surface area contributed by atoms with E-state index < -0.39 is 0 Å². The molecule has 2 heteroatoms. The second kappa shape index (κ2) is 6.83. The van der Waals surface area contributed by atoms with E-state index in [1.54, 1.807) is 0 Å². The highest BCUT2D eigenvalue weighted by Crippen LogP contribution is 2.26. The molecule has 25 heavy (non-hydrogen) atoms. The number of rotatable bonds is 3. The van der Waals surface area contributed by atoms with E-state index in [2.05, 4.69) is 62.6 Å². The highest BCUT2D eigenvalue weighted by Gasteiger charge is 2.11. The van der Waals surface area contributed by atoms with Gasteiger partial charge in [0.05, 0.1) is 11.6 Å². The van der Waals surface area contributed by atoms with Crippen LogP contribution >= 0.6 is 0 Å². The number of hydrogen-bond acceptors (Lipinski definition) is 1. The molecule has 0 spiro atoms. The molecule has 0 saturated heterocycles. The number of nitriles is 1. The lowest BCUT2D eigenvalue weighted by atomic mass is 10.0. The zero-order valence-corrected chi connectivity index (χ0v) is 15.2. The first kappa shape index (κ1) is 16.8. The van der Waals surface area contributed by atoms with E-state index in [4.69, 9.17) is 0 Å². The average Bonchev–Trinajstić information content (AvgIpc) is 2.89. The van der Waals surface area contributed by atoms with Crippen LogP contribution in [0.4, 0.5) is 0 Å². The predicted molar refractivity (Wildman–Crippen MR) is 105 cm³/mol. The molecule has 1 heterocycles. The van der Waals surface area contributed by atoms with Gasteiger partial charge in [0.15, 0.2) is 0 Å². The third kappa shape index (κ3) is 3.27. The first-order chi connectivity index (χ1) is 12.0. The summed E-state index contributed by atoms with van der Waals surface area (Å²) in [6, 6.07) is 20.8. The van der Waals surface area contributed by atoms with Crippen LogP contribution < -0.4 is 0 Å². The van der Waals surface area contributed by atoms with Gasteiger partial charge < -0.3 is 4.57 Å². The molecule has 3 aromatic rings. The molecule has 0 fully saturated rings. The normalized spacial score (nSPS) is 11.4. The van der Waals surface area contributed by atoms with Crippen LogP contribution in [-0.2, 0) is 0 Å². The van der Waals surface area contributed by atoms with Crippen molar-refractivity contribution in [3.63, 3.8) is 0 Å². The number of allylic oxidation sites excluding steroid dienone is 1. The van der Waals surface area contributed by atoms with E-state index in [9.17, 15) is 5.26 Å². The maximum Gasteiger partial charge on any atom is 0.0998 e. The Labute approximate surface area is 149 Å². The fourth-order valence-electron chi connectivity index (χ4n) is 3.15. The molecule has 0 saturated carbocycles. The smallest absolute Gasteiger partial charge is 0.0998 e. The van der Waals surface area contributed by atoms with Crippen molar-refractivity contribution in [1.82, 2.24) is 4.57 Å². The van der Waals surface area contributed by atoms with E-state index in [0.29, 0.717) is 5.57 Å². The first-order valence-corrected chi connectivity index (χ1v) is 8.45. The van der Waals surface area contributed by atoms with Gasteiger partial charge in [0.1, 0.15) is 0 Å². The van der Waals surface area contributed by atoms with Crippen LogP contribution in [0.3, 0.4) is 0 Å². The maximum atomic E-state index is 9.57. The van der Waals surface area contributed by atoms with Crippen molar-refractivity contribution in [1.29, 1.82) is 5.26 Å². The lowest BCUT2D eigenvalue weighted by Gasteiger charge is -2.12. The second-order valence-electron chi connectivity index (χ2n) is 6.47. The second-order valence-corrected chi connectivity index (χ2v) is 6.47. The minimum absolute atomic E-state index is 0.681. The van der Waals surface area contributed by atoms with Gasteiger partial charge in [-0.3, -0.25) is 0 Å². The molecule has 3 rings (SSSR count). The summed E-state index contributed by atoms with van der Waals surface area (Å²) in [7, 11) is 0. The van der Waals surface area contributed by atoms with Crippen molar-refractivity contribution < 1.29 is 0 Å². The molecule has 124 valence electrons. The van der Waals surface area contributed by atoms with E-state index >= 15 is 0 Å². The van der Waals surface area contributed by atoms with Crippen molar-refractivity contribution in [3.05, 3.63) is 88.2 Å². The van der Waals surface area contributed by atoms with Gasteiger partial charge in [0.2, 0.25) is 0 Å². The summed E-state index contributed by atoms with van der Waals surface area (Å²) in [5.41, 5.74) is 8.75. The third-order valence-electron chi connectivity index (χ3n) is 4.72. The minimum Gasteiger partial charge on any atom is -0.318 e. The molecular formula is C23H22N2. The van der Waals surface area contributed by atoms with Gasteiger partial charge in [-0.15, -0.1) is 0 Å². The van der Waals surface area contributed by atoms with Crippen LogP contribution in [0.25, 0.3) is 17.3 Å². The van der Waals surface area contributed by atoms with Gasteiger partial charge in [0, 0.05) is 17.1 Å². The summed E-state index contributed by atoms with van der Waals surface area (Å²) in [6.07, 6.45) is 1.98. The van der Waals surface area contributed by atoms with Gasteiger partial charge >= 0.3 is 0 Å². The first-order valence-electron chi connectivity index (χ1n) is 8.45. The Kier molecular flexibility index (Phi) is 4.59. The van der Waals surface area contributed by atoms with Crippen LogP contribution in [0.15, 0.2) is 54.6 Å². The van der Waals surface area contributed by atoms with Gasteiger partial charge in [-0.05, 0) is 74.2 Å². The van der Waals surface area contributed by atoms with Crippen molar-refractivity contribution >= 4 is 11.6 Å². The average molecular weight is 326 g/mol. The number of aromatic nitrogens is 1. The molecule has 0 N–H and O–H groups in total. The van der Waals surface area contributed by atoms with Crippen LogP contribution in [0.1, 0.15) is 33.6 Å². The zero-order chi connectivity index (χ0) is 18.0. The third-order valence-corrected chi connectivity index (χ3v) is 4.72. The molecule has 1 aromatic heterocycles. The number of nitrogens with zero attached hydrogens (tertiary/aromatic N) is 2. The van der Waals surface area contributed by atoms with Gasteiger partial charge in [-0.2, -0.15) is 5.26 Å². The molecule has 2 nitrogen and oxygen atoms in total. The predicted octanol–water partition coefficient (Wildman–Crippen LogP) is 5.78. The number of benzene rings is 2. The highest BCUT2D eigenvalue weighted by molar-refractivity contribution is 5.90. The Hall–Kier alpha value is -3.05. The molecule has 0 unspecified atom stereocenters. The molecule has 0 bridgehead atoms. The fraction of sp³-hybridized carbons (Fsp3) is 0.174. The molecule has 0 aliphatic heterocycles. The Morgan fingerprint density at radius 3 is 2.28 bits per heavy atom. The molecule has 0 amide bonds. The minimum atomic E-state index is 0.681. The maximum absolute atomic E-state index is 9.57. The Morgan fingerprint density at radius 1 is 0.920 bits per heavy atom. The summed E-state index contributed by atoms with van der Waals surface area (Å²) >= 11 is 0. The summed E-state index contributed by atoms with van der Waals surface area (Å²) in [4.78, 5) is 0. The van der Waals surface area contributed by atoms with Crippen molar-refractivity contribution in [2.45, 2.75) is 27.7 Å². The summed E-state index contributed by atoms with van der Waals surface area (Å²) in [6.45, 7) is 8.47. The molecule has 0 radical (unpaired) electrons. The summed E-state index contributed by atoms with van der Waals surface area (Å²) in [5.74, 6) is 0. The van der Waals surface area contributed by atoms with E-state index in [1.807, 2.05) is 36.4 Å². The number of aryl methyl sites for hydroxylation is 3. The van der Waals surface area contributed by atoms with Crippen molar-refractivity contribution in [3.8, 4) is 11.8 Å². The zero-order valence-electron chi connectivity index (χ0n) is 15.2. The Bertz CT molecular complexity index is 983. The van der Waals surface area contributed by atoms with Crippen molar-refractivity contribution in [2.75, 3.05) is 0 Å². The van der Waals surface area contributed by atoms with Gasteiger partial charge in [-0.1, -0.05) is 36.4 Å². The lowest BCUT2D eigenvalue weighted by Crippen LogP contribution is -2.00. The molecular weight excluding hydrogens is 304 g/mol. The fourth-order valence-corrected chi connectivity index (χ4v) is 3.15. The standard InChI is InChI=1S/C23H22N2/c1-16-10-11-23(12-17(16)2)25-18(3)13-21(19(25)4)14-22(15-24)20-8-6-5-7-9-20/h5-14H,1-4H3/b22-14+. The lowest BCUT2D eigenvalue weighted by molar-refractivity contribution is 0.961. The van der Waals surface area contributed by atoms with E-state index in [1.165, 1.54) is 11.1 Å². The van der Waals surface area contributed by atoms with Crippen LogP contribution in [0.5, 0.6) is 0 Å².